The lowest BCUT2D eigenvalue weighted by atomic mass is 9.96. The predicted octanol–water partition coefficient (Wildman–Crippen LogP) is 3.92. The molecule has 2 aromatic rings. The molecule has 3 rings (SSSR count). The molecule has 1 aliphatic heterocycles. The highest BCUT2D eigenvalue weighted by molar-refractivity contribution is 6.30. The van der Waals surface area contributed by atoms with Gasteiger partial charge in [0.1, 0.15) is 5.82 Å². The van der Waals surface area contributed by atoms with E-state index in [-0.39, 0.29) is 5.02 Å². The van der Waals surface area contributed by atoms with Gasteiger partial charge in [-0.1, -0.05) is 22.8 Å². The topological polar surface area (TPSA) is 69.9 Å². The maximum absolute atomic E-state index is 13.4. The normalized spacial score (nSPS) is 14.9. The monoisotopic (exact) mass is 374 g/mol. The molecule has 1 aliphatic rings. The summed E-state index contributed by atoms with van der Waals surface area (Å²) in [5.41, 5.74) is 4.03. The van der Waals surface area contributed by atoms with Gasteiger partial charge >= 0.3 is 0 Å². The summed E-state index contributed by atoms with van der Waals surface area (Å²) in [6.45, 7) is 2.10. The molecule has 1 unspecified atom stereocenters. The molecule has 7 heteroatoms. The molecular formula is C19H20ClFN4O. The van der Waals surface area contributed by atoms with Crippen LogP contribution in [0.3, 0.4) is 0 Å². The van der Waals surface area contributed by atoms with E-state index in [1.54, 1.807) is 18.3 Å². The van der Waals surface area contributed by atoms with Crippen molar-refractivity contribution in [3.63, 3.8) is 0 Å². The number of nitrogens with one attached hydrogen (secondary N) is 1. The summed E-state index contributed by atoms with van der Waals surface area (Å²) < 4.78 is 13.4. The lowest BCUT2D eigenvalue weighted by Crippen LogP contribution is -2.24. The molecule has 2 heterocycles. The van der Waals surface area contributed by atoms with Gasteiger partial charge in [0.05, 0.1) is 10.7 Å². The van der Waals surface area contributed by atoms with E-state index in [2.05, 4.69) is 27.4 Å². The molecule has 5 nitrogen and oxygen atoms in total. The molecule has 1 aromatic carbocycles. The number of benzene rings is 1. The standard InChI is InChI=1S/C19H20ClFN4O/c1-11(22-2)7-13-10-15-14(5-6-23-19(15)24-13)18(25-26)9-12-3-4-17(21)16(20)8-12/h3-6,8,11,22,26H,7,9-10H2,1-2H3/b25-18+. The number of oxime groups is 1. The van der Waals surface area contributed by atoms with Crippen LogP contribution in [0.1, 0.15) is 30.0 Å². The Morgan fingerprint density at radius 1 is 1.42 bits per heavy atom. The number of rotatable bonds is 6. The fraction of sp³-hybridized carbons (Fsp3) is 0.316. The molecule has 1 atom stereocenters. The maximum Gasteiger partial charge on any atom is 0.155 e. The SMILES string of the molecule is CNC(C)CC1=Nc2nccc(/C(Cc3ccc(F)c(Cl)c3)=N/O)c2C1. The van der Waals surface area contributed by atoms with E-state index in [0.717, 1.165) is 28.8 Å². The lowest BCUT2D eigenvalue weighted by Gasteiger charge is -2.11. The number of halogens is 2. The van der Waals surface area contributed by atoms with Crippen LogP contribution in [0.5, 0.6) is 0 Å². The molecule has 0 aliphatic carbocycles. The van der Waals surface area contributed by atoms with E-state index in [9.17, 15) is 9.60 Å². The Kier molecular flexibility index (Phi) is 5.64. The Labute approximate surface area is 156 Å². The smallest absolute Gasteiger partial charge is 0.155 e. The van der Waals surface area contributed by atoms with Gasteiger partial charge in [-0.15, -0.1) is 0 Å². The second-order valence-electron chi connectivity index (χ2n) is 6.38. The van der Waals surface area contributed by atoms with E-state index in [4.69, 9.17) is 11.6 Å². The zero-order chi connectivity index (χ0) is 18.7. The number of aromatic nitrogens is 1. The van der Waals surface area contributed by atoms with Crippen LogP contribution in [0.25, 0.3) is 0 Å². The van der Waals surface area contributed by atoms with Crippen LogP contribution in [0.15, 0.2) is 40.6 Å². The zero-order valence-corrected chi connectivity index (χ0v) is 15.4. The van der Waals surface area contributed by atoms with Crippen LogP contribution < -0.4 is 5.32 Å². The van der Waals surface area contributed by atoms with Crippen LogP contribution in [0.2, 0.25) is 5.02 Å². The van der Waals surface area contributed by atoms with E-state index in [1.165, 1.54) is 6.07 Å². The number of hydrogen-bond donors (Lipinski definition) is 2. The highest BCUT2D eigenvalue weighted by Gasteiger charge is 2.23. The molecule has 0 bridgehead atoms. The van der Waals surface area contributed by atoms with Crippen molar-refractivity contribution in [2.75, 3.05) is 7.05 Å². The van der Waals surface area contributed by atoms with Gasteiger partial charge in [-0.05, 0) is 37.7 Å². The predicted molar refractivity (Wildman–Crippen MR) is 102 cm³/mol. The van der Waals surface area contributed by atoms with Gasteiger partial charge < -0.3 is 10.5 Å². The first-order valence-corrected chi connectivity index (χ1v) is 8.76. The van der Waals surface area contributed by atoms with E-state index >= 15 is 0 Å². The lowest BCUT2D eigenvalue weighted by molar-refractivity contribution is 0.318. The third kappa shape index (κ3) is 3.92. The molecule has 0 amide bonds. The first-order valence-electron chi connectivity index (χ1n) is 8.38. The molecule has 0 saturated carbocycles. The molecule has 1 aromatic heterocycles. The van der Waals surface area contributed by atoms with Crippen LogP contribution in [-0.4, -0.2) is 34.7 Å². The molecule has 0 saturated heterocycles. The van der Waals surface area contributed by atoms with Gasteiger partial charge in [0.25, 0.3) is 0 Å². The average Bonchev–Trinajstić information content (AvgIpc) is 3.05. The Bertz CT molecular complexity index is 882. The third-order valence-corrected chi connectivity index (χ3v) is 4.79. The van der Waals surface area contributed by atoms with E-state index in [1.807, 2.05) is 13.1 Å². The summed E-state index contributed by atoms with van der Waals surface area (Å²) in [4.78, 5) is 8.95. The molecule has 0 fully saturated rings. The largest absolute Gasteiger partial charge is 0.411 e. The van der Waals surface area contributed by atoms with Gasteiger partial charge in [-0.25, -0.2) is 14.4 Å². The van der Waals surface area contributed by atoms with Crippen molar-refractivity contribution < 1.29 is 9.60 Å². The van der Waals surface area contributed by atoms with Gasteiger partial charge in [-0.2, -0.15) is 0 Å². The summed E-state index contributed by atoms with van der Waals surface area (Å²) in [5.74, 6) is 0.193. The van der Waals surface area contributed by atoms with Crippen molar-refractivity contribution in [1.82, 2.24) is 10.3 Å². The fourth-order valence-corrected chi connectivity index (χ4v) is 3.22. The minimum Gasteiger partial charge on any atom is -0.411 e. The van der Waals surface area contributed by atoms with E-state index in [0.29, 0.717) is 30.4 Å². The summed E-state index contributed by atoms with van der Waals surface area (Å²) in [6.07, 6.45) is 3.49. The van der Waals surface area contributed by atoms with Gasteiger partial charge in [0.15, 0.2) is 5.82 Å². The second-order valence-corrected chi connectivity index (χ2v) is 6.79. The third-order valence-electron chi connectivity index (χ3n) is 4.50. The first kappa shape index (κ1) is 18.5. The van der Waals surface area contributed by atoms with Crippen LogP contribution in [0.4, 0.5) is 10.2 Å². The van der Waals surface area contributed by atoms with Gasteiger partial charge in [0, 0.05) is 48.3 Å². The number of pyridine rings is 1. The number of aliphatic imine (C=N–C) groups is 1. The van der Waals surface area contributed by atoms with Crippen molar-refractivity contribution in [2.24, 2.45) is 10.1 Å². The number of nitrogens with zero attached hydrogens (tertiary/aromatic N) is 3. The van der Waals surface area contributed by atoms with Crippen molar-refractivity contribution in [3.8, 4) is 0 Å². The number of hydrogen-bond acceptors (Lipinski definition) is 5. The average molecular weight is 375 g/mol. The van der Waals surface area contributed by atoms with Crippen LogP contribution >= 0.6 is 11.6 Å². The minimum absolute atomic E-state index is 0.0476. The Morgan fingerprint density at radius 2 is 2.23 bits per heavy atom. The molecular weight excluding hydrogens is 355 g/mol. The summed E-state index contributed by atoms with van der Waals surface area (Å²) in [5, 5.41) is 16.3. The van der Waals surface area contributed by atoms with Crippen molar-refractivity contribution in [2.45, 2.75) is 32.2 Å². The highest BCUT2D eigenvalue weighted by Crippen LogP contribution is 2.30. The summed E-state index contributed by atoms with van der Waals surface area (Å²) in [6, 6.07) is 6.62. The Morgan fingerprint density at radius 3 is 2.92 bits per heavy atom. The molecule has 26 heavy (non-hydrogen) atoms. The number of fused-ring (bicyclic) bond motifs is 1. The summed E-state index contributed by atoms with van der Waals surface area (Å²) >= 11 is 5.85. The van der Waals surface area contributed by atoms with Gasteiger partial charge in [0.2, 0.25) is 0 Å². The highest BCUT2D eigenvalue weighted by atomic mass is 35.5. The second kappa shape index (κ2) is 7.93. The zero-order valence-electron chi connectivity index (χ0n) is 14.6. The Balaban J connectivity index is 1.85. The maximum atomic E-state index is 13.4. The molecule has 2 N–H and O–H groups in total. The van der Waals surface area contributed by atoms with Crippen LogP contribution in [0, 0.1) is 5.82 Å². The summed E-state index contributed by atoms with van der Waals surface area (Å²) in [7, 11) is 1.92. The molecule has 0 radical (unpaired) electrons. The van der Waals surface area contributed by atoms with Crippen molar-refractivity contribution in [1.29, 1.82) is 0 Å². The quantitative estimate of drug-likeness (QED) is 0.457. The molecule has 136 valence electrons. The minimum atomic E-state index is -0.473. The van der Waals surface area contributed by atoms with E-state index < -0.39 is 5.82 Å². The fourth-order valence-electron chi connectivity index (χ4n) is 3.02. The molecule has 0 spiro atoms. The van der Waals surface area contributed by atoms with Crippen LogP contribution in [-0.2, 0) is 12.8 Å². The van der Waals surface area contributed by atoms with Crippen molar-refractivity contribution in [3.05, 3.63) is 58.0 Å². The first-order chi connectivity index (χ1) is 12.5. The Hall–Kier alpha value is -2.31. The van der Waals surface area contributed by atoms with Crippen molar-refractivity contribution >= 4 is 28.8 Å². The van der Waals surface area contributed by atoms with Gasteiger partial charge in [-0.3, -0.25) is 0 Å².